The number of benzene rings is 1. The summed E-state index contributed by atoms with van der Waals surface area (Å²) in [6.45, 7) is 1.96. The first kappa shape index (κ1) is 13.6. The van der Waals surface area contributed by atoms with E-state index in [1.807, 2.05) is 0 Å². The van der Waals surface area contributed by atoms with Crippen molar-refractivity contribution < 1.29 is 0 Å². The van der Waals surface area contributed by atoms with Gasteiger partial charge in [0, 0.05) is 23.1 Å². The SMILES string of the molecule is NCC(c1ccc(Br)cc1)N1CCC2CCCCC21. The maximum absolute atomic E-state index is 6.09. The smallest absolute Gasteiger partial charge is 0.0473 e. The standard InChI is InChI=1S/C16H23BrN2/c17-14-7-5-13(6-8-14)16(11-18)19-10-9-12-3-1-2-4-15(12)19/h5-8,12,15-16H,1-4,9-11,18H2. The lowest BCUT2D eigenvalue weighted by molar-refractivity contribution is 0.135. The molecule has 0 spiro atoms. The maximum atomic E-state index is 6.09. The van der Waals surface area contributed by atoms with E-state index in [0.29, 0.717) is 6.04 Å². The van der Waals surface area contributed by atoms with E-state index in [1.165, 1.54) is 44.2 Å². The molecule has 3 unspecified atom stereocenters. The Morgan fingerprint density at radius 3 is 2.63 bits per heavy atom. The Kier molecular flexibility index (Phi) is 4.25. The maximum Gasteiger partial charge on any atom is 0.0473 e. The second kappa shape index (κ2) is 5.94. The summed E-state index contributed by atoms with van der Waals surface area (Å²) in [5.74, 6) is 0.929. The molecular formula is C16H23BrN2. The number of halogens is 1. The third-order valence-electron chi connectivity index (χ3n) is 4.93. The number of rotatable bonds is 3. The molecule has 2 aliphatic rings. The van der Waals surface area contributed by atoms with Crippen LogP contribution in [0, 0.1) is 5.92 Å². The van der Waals surface area contributed by atoms with E-state index in [2.05, 4.69) is 45.1 Å². The molecule has 2 nitrogen and oxygen atoms in total. The van der Waals surface area contributed by atoms with Crippen LogP contribution in [0.5, 0.6) is 0 Å². The van der Waals surface area contributed by atoms with Gasteiger partial charge in [-0.3, -0.25) is 4.90 Å². The van der Waals surface area contributed by atoms with Crippen molar-refractivity contribution in [2.24, 2.45) is 11.7 Å². The van der Waals surface area contributed by atoms with Gasteiger partial charge in [-0.05, 0) is 49.4 Å². The van der Waals surface area contributed by atoms with E-state index in [4.69, 9.17) is 5.73 Å². The van der Waals surface area contributed by atoms with E-state index < -0.39 is 0 Å². The van der Waals surface area contributed by atoms with Gasteiger partial charge in [0.05, 0.1) is 0 Å². The number of hydrogen-bond acceptors (Lipinski definition) is 2. The summed E-state index contributed by atoms with van der Waals surface area (Å²) in [7, 11) is 0. The zero-order valence-corrected chi connectivity index (χ0v) is 13.0. The number of fused-ring (bicyclic) bond motifs is 1. The van der Waals surface area contributed by atoms with Crippen molar-refractivity contribution in [3.05, 3.63) is 34.3 Å². The summed E-state index contributed by atoms with van der Waals surface area (Å²) in [6, 6.07) is 9.89. The van der Waals surface area contributed by atoms with Gasteiger partial charge in [0.1, 0.15) is 0 Å². The minimum Gasteiger partial charge on any atom is -0.329 e. The largest absolute Gasteiger partial charge is 0.329 e. The van der Waals surface area contributed by atoms with Crippen LogP contribution in [0.3, 0.4) is 0 Å². The van der Waals surface area contributed by atoms with Gasteiger partial charge in [0.25, 0.3) is 0 Å². The first-order valence-corrected chi connectivity index (χ1v) is 8.30. The Balaban J connectivity index is 1.80. The molecule has 104 valence electrons. The summed E-state index contributed by atoms with van der Waals surface area (Å²) in [5.41, 5.74) is 7.46. The third-order valence-corrected chi connectivity index (χ3v) is 5.46. The molecule has 1 aliphatic carbocycles. The lowest BCUT2D eigenvalue weighted by Gasteiger charge is -2.37. The topological polar surface area (TPSA) is 29.3 Å². The average Bonchev–Trinajstić information content (AvgIpc) is 2.86. The van der Waals surface area contributed by atoms with Crippen LogP contribution < -0.4 is 5.73 Å². The van der Waals surface area contributed by atoms with Gasteiger partial charge < -0.3 is 5.73 Å². The summed E-state index contributed by atoms with van der Waals surface area (Å²) >= 11 is 3.51. The van der Waals surface area contributed by atoms with Gasteiger partial charge in [-0.1, -0.05) is 40.9 Å². The van der Waals surface area contributed by atoms with Crippen molar-refractivity contribution in [1.29, 1.82) is 0 Å². The van der Waals surface area contributed by atoms with Gasteiger partial charge in [-0.2, -0.15) is 0 Å². The number of nitrogens with zero attached hydrogens (tertiary/aromatic N) is 1. The Hall–Kier alpha value is -0.380. The van der Waals surface area contributed by atoms with Crippen LogP contribution in [-0.4, -0.2) is 24.0 Å². The Morgan fingerprint density at radius 1 is 1.16 bits per heavy atom. The number of likely N-dealkylation sites (tertiary alicyclic amines) is 1. The van der Waals surface area contributed by atoms with Gasteiger partial charge >= 0.3 is 0 Å². The fraction of sp³-hybridized carbons (Fsp3) is 0.625. The quantitative estimate of drug-likeness (QED) is 0.919. The van der Waals surface area contributed by atoms with E-state index in [9.17, 15) is 0 Å². The van der Waals surface area contributed by atoms with Crippen molar-refractivity contribution in [3.8, 4) is 0 Å². The van der Waals surface area contributed by atoms with Crippen LogP contribution in [0.15, 0.2) is 28.7 Å². The Labute approximate surface area is 124 Å². The van der Waals surface area contributed by atoms with Crippen molar-refractivity contribution in [2.75, 3.05) is 13.1 Å². The molecule has 0 amide bonds. The van der Waals surface area contributed by atoms with Crippen LogP contribution in [0.1, 0.15) is 43.7 Å². The first-order chi connectivity index (χ1) is 9.29. The molecule has 1 saturated carbocycles. The second-order valence-corrected chi connectivity index (χ2v) is 6.86. The predicted molar refractivity (Wildman–Crippen MR) is 83.0 cm³/mol. The van der Waals surface area contributed by atoms with E-state index in [1.54, 1.807) is 0 Å². The van der Waals surface area contributed by atoms with Gasteiger partial charge in [-0.25, -0.2) is 0 Å². The fourth-order valence-electron chi connectivity index (χ4n) is 3.98. The molecule has 1 aromatic rings. The van der Waals surface area contributed by atoms with Crippen LogP contribution in [-0.2, 0) is 0 Å². The molecule has 2 N–H and O–H groups in total. The molecule has 3 rings (SSSR count). The van der Waals surface area contributed by atoms with Gasteiger partial charge in [-0.15, -0.1) is 0 Å². The van der Waals surface area contributed by atoms with Gasteiger partial charge in [0.15, 0.2) is 0 Å². The first-order valence-electron chi connectivity index (χ1n) is 7.51. The highest BCUT2D eigenvalue weighted by Crippen LogP contribution is 2.40. The third kappa shape index (κ3) is 2.74. The minimum absolute atomic E-state index is 0.404. The molecule has 0 bridgehead atoms. The lowest BCUT2D eigenvalue weighted by Crippen LogP contribution is -2.40. The molecule has 1 saturated heterocycles. The molecule has 1 heterocycles. The molecule has 0 aromatic heterocycles. The van der Waals surface area contributed by atoms with E-state index in [-0.39, 0.29) is 0 Å². The van der Waals surface area contributed by atoms with Crippen molar-refractivity contribution >= 4 is 15.9 Å². The van der Waals surface area contributed by atoms with Crippen molar-refractivity contribution in [2.45, 2.75) is 44.2 Å². The molecule has 1 aromatic carbocycles. The summed E-state index contributed by atoms with van der Waals surface area (Å²) in [6.07, 6.45) is 7.00. The summed E-state index contributed by atoms with van der Waals surface area (Å²) < 4.78 is 1.14. The zero-order valence-electron chi connectivity index (χ0n) is 11.4. The van der Waals surface area contributed by atoms with E-state index >= 15 is 0 Å². The highest BCUT2D eigenvalue weighted by molar-refractivity contribution is 9.10. The van der Waals surface area contributed by atoms with Crippen LogP contribution >= 0.6 is 15.9 Å². The molecule has 19 heavy (non-hydrogen) atoms. The van der Waals surface area contributed by atoms with E-state index in [0.717, 1.165) is 23.0 Å². The lowest BCUT2D eigenvalue weighted by atomic mass is 9.84. The fourth-order valence-corrected chi connectivity index (χ4v) is 4.24. The van der Waals surface area contributed by atoms with Crippen LogP contribution in [0.25, 0.3) is 0 Å². The minimum atomic E-state index is 0.404. The van der Waals surface area contributed by atoms with Crippen LogP contribution in [0.2, 0.25) is 0 Å². The predicted octanol–water partition coefficient (Wildman–Crippen LogP) is 3.71. The second-order valence-electron chi connectivity index (χ2n) is 5.94. The molecular weight excluding hydrogens is 300 g/mol. The highest BCUT2D eigenvalue weighted by Gasteiger charge is 2.38. The molecule has 0 radical (unpaired) electrons. The van der Waals surface area contributed by atoms with Crippen molar-refractivity contribution in [3.63, 3.8) is 0 Å². The molecule has 3 heteroatoms. The molecule has 1 aliphatic heterocycles. The summed E-state index contributed by atoms with van der Waals surface area (Å²) in [4.78, 5) is 2.69. The zero-order chi connectivity index (χ0) is 13.2. The highest BCUT2D eigenvalue weighted by atomic mass is 79.9. The number of hydrogen-bond donors (Lipinski definition) is 1. The monoisotopic (exact) mass is 322 g/mol. The molecule has 3 atom stereocenters. The summed E-state index contributed by atoms with van der Waals surface area (Å²) in [5, 5.41) is 0. The average molecular weight is 323 g/mol. The Morgan fingerprint density at radius 2 is 1.89 bits per heavy atom. The molecule has 2 fully saturated rings. The number of nitrogens with two attached hydrogens (primary N) is 1. The van der Waals surface area contributed by atoms with Gasteiger partial charge in [0.2, 0.25) is 0 Å². The van der Waals surface area contributed by atoms with Crippen molar-refractivity contribution in [1.82, 2.24) is 4.90 Å². The normalized spacial score (nSPS) is 29.2. The van der Waals surface area contributed by atoms with Crippen LogP contribution in [0.4, 0.5) is 0 Å². The Bertz CT molecular complexity index is 417.